The summed E-state index contributed by atoms with van der Waals surface area (Å²) in [5.74, 6) is 0.368. The SMILES string of the molecule is CCC1CCCCN1C(=O)CCN1CCN(c2ccccc2)CC1. The van der Waals surface area contributed by atoms with E-state index in [2.05, 4.69) is 52.0 Å². The van der Waals surface area contributed by atoms with Crippen LogP contribution in [0.3, 0.4) is 0 Å². The van der Waals surface area contributed by atoms with Crippen molar-refractivity contribution in [3.63, 3.8) is 0 Å². The predicted octanol–water partition coefficient (Wildman–Crippen LogP) is 2.99. The first kappa shape index (κ1) is 17.3. The molecular weight excluding hydrogens is 298 g/mol. The summed E-state index contributed by atoms with van der Waals surface area (Å²) in [6.07, 6.45) is 5.43. The van der Waals surface area contributed by atoms with E-state index in [1.54, 1.807) is 0 Å². The lowest BCUT2D eigenvalue weighted by Crippen LogP contribution is -2.48. The van der Waals surface area contributed by atoms with Crippen molar-refractivity contribution < 1.29 is 4.79 Å². The molecule has 1 atom stereocenters. The van der Waals surface area contributed by atoms with Gasteiger partial charge in [-0.1, -0.05) is 25.1 Å². The molecule has 2 aliphatic heterocycles. The van der Waals surface area contributed by atoms with Gasteiger partial charge in [-0.05, 0) is 37.8 Å². The summed E-state index contributed by atoms with van der Waals surface area (Å²) in [5, 5.41) is 0. The number of para-hydroxylation sites is 1. The van der Waals surface area contributed by atoms with Gasteiger partial charge in [-0.3, -0.25) is 9.69 Å². The van der Waals surface area contributed by atoms with Crippen LogP contribution in [0.1, 0.15) is 39.0 Å². The molecule has 24 heavy (non-hydrogen) atoms. The van der Waals surface area contributed by atoms with Crippen molar-refractivity contribution in [1.82, 2.24) is 9.80 Å². The fraction of sp³-hybridized carbons (Fsp3) is 0.650. The summed E-state index contributed by atoms with van der Waals surface area (Å²) in [4.78, 5) is 19.6. The maximum atomic E-state index is 12.6. The molecule has 4 heteroatoms. The largest absolute Gasteiger partial charge is 0.369 e. The van der Waals surface area contributed by atoms with Crippen molar-refractivity contribution in [3.05, 3.63) is 30.3 Å². The fourth-order valence-electron chi connectivity index (χ4n) is 4.02. The van der Waals surface area contributed by atoms with Crippen molar-refractivity contribution in [3.8, 4) is 0 Å². The van der Waals surface area contributed by atoms with Crippen molar-refractivity contribution >= 4 is 11.6 Å². The van der Waals surface area contributed by atoms with E-state index in [-0.39, 0.29) is 0 Å². The highest BCUT2D eigenvalue weighted by atomic mass is 16.2. The number of rotatable bonds is 5. The van der Waals surface area contributed by atoms with Gasteiger partial charge in [-0.2, -0.15) is 0 Å². The summed E-state index contributed by atoms with van der Waals surface area (Å²) in [6, 6.07) is 11.1. The monoisotopic (exact) mass is 329 g/mol. The highest BCUT2D eigenvalue weighted by Crippen LogP contribution is 2.20. The third kappa shape index (κ3) is 4.29. The van der Waals surface area contributed by atoms with E-state index < -0.39 is 0 Å². The zero-order chi connectivity index (χ0) is 16.8. The average Bonchev–Trinajstić information content (AvgIpc) is 2.67. The van der Waals surface area contributed by atoms with Gasteiger partial charge >= 0.3 is 0 Å². The maximum Gasteiger partial charge on any atom is 0.224 e. The number of hydrogen-bond donors (Lipinski definition) is 0. The van der Waals surface area contributed by atoms with Gasteiger partial charge in [0.2, 0.25) is 5.91 Å². The van der Waals surface area contributed by atoms with Crippen molar-refractivity contribution in [2.24, 2.45) is 0 Å². The summed E-state index contributed by atoms with van der Waals surface area (Å²) in [7, 11) is 0. The zero-order valence-electron chi connectivity index (χ0n) is 15.0. The number of nitrogens with zero attached hydrogens (tertiary/aromatic N) is 3. The van der Waals surface area contributed by atoms with Crippen LogP contribution in [-0.2, 0) is 4.79 Å². The molecule has 132 valence electrons. The molecule has 2 aliphatic rings. The summed E-state index contributed by atoms with van der Waals surface area (Å²) < 4.78 is 0. The third-order valence-corrected chi connectivity index (χ3v) is 5.55. The Morgan fingerprint density at radius 2 is 1.79 bits per heavy atom. The maximum absolute atomic E-state index is 12.6. The minimum atomic E-state index is 0.368. The molecule has 1 aromatic carbocycles. The first-order valence-corrected chi connectivity index (χ1v) is 9.59. The number of anilines is 1. The molecule has 3 rings (SSSR count). The molecule has 2 heterocycles. The number of piperazine rings is 1. The van der Waals surface area contributed by atoms with Crippen LogP contribution in [0, 0.1) is 0 Å². The Morgan fingerprint density at radius 3 is 2.50 bits per heavy atom. The molecule has 0 spiro atoms. The van der Waals surface area contributed by atoms with Crippen LogP contribution in [0.25, 0.3) is 0 Å². The lowest BCUT2D eigenvalue weighted by molar-refractivity contribution is -0.135. The molecule has 2 saturated heterocycles. The van der Waals surface area contributed by atoms with Crippen LogP contribution in [0.5, 0.6) is 0 Å². The van der Waals surface area contributed by atoms with Gasteiger partial charge in [0.25, 0.3) is 0 Å². The Bertz CT molecular complexity index is 511. The smallest absolute Gasteiger partial charge is 0.224 e. The first-order chi connectivity index (χ1) is 11.8. The number of hydrogen-bond acceptors (Lipinski definition) is 3. The summed E-state index contributed by atoms with van der Waals surface area (Å²) in [5.41, 5.74) is 1.31. The zero-order valence-corrected chi connectivity index (χ0v) is 15.0. The van der Waals surface area contributed by atoms with Crippen molar-refractivity contribution in [1.29, 1.82) is 0 Å². The van der Waals surface area contributed by atoms with Crippen LogP contribution in [-0.4, -0.2) is 61.0 Å². The van der Waals surface area contributed by atoms with Crippen molar-refractivity contribution in [2.75, 3.05) is 44.2 Å². The fourth-order valence-corrected chi connectivity index (χ4v) is 4.02. The summed E-state index contributed by atoms with van der Waals surface area (Å²) >= 11 is 0. The standard InChI is InChI=1S/C20H31N3O/c1-2-18-8-6-7-12-23(18)20(24)11-13-21-14-16-22(17-15-21)19-9-4-3-5-10-19/h3-5,9-10,18H,2,6-8,11-17H2,1H3. The Kier molecular flexibility index (Phi) is 6.13. The number of benzene rings is 1. The molecule has 1 aromatic rings. The van der Waals surface area contributed by atoms with Crippen LogP contribution in [0.4, 0.5) is 5.69 Å². The molecule has 0 radical (unpaired) electrons. The quantitative estimate of drug-likeness (QED) is 0.831. The molecule has 0 saturated carbocycles. The molecule has 1 unspecified atom stereocenters. The summed E-state index contributed by atoms with van der Waals surface area (Å²) in [6.45, 7) is 8.31. The highest BCUT2D eigenvalue weighted by molar-refractivity contribution is 5.76. The number of amides is 1. The van der Waals surface area contributed by atoms with Gasteiger partial charge in [0.1, 0.15) is 0 Å². The van der Waals surface area contributed by atoms with Crippen molar-refractivity contribution in [2.45, 2.75) is 45.1 Å². The second-order valence-corrected chi connectivity index (χ2v) is 7.06. The second kappa shape index (κ2) is 8.52. The van der Waals surface area contributed by atoms with Gasteiger partial charge < -0.3 is 9.80 Å². The normalized spacial score (nSPS) is 22.6. The van der Waals surface area contributed by atoms with Crippen LogP contribution < -0.4 is 4.90 Å². The van der Waals surface area contributed by atoms with Gasteiger partial charge in [-0.15, -0.1) is 0 Å². The topological polar surface area (TPSA) is 26.8 Å². The molecule has 0 N–H and O–H groups in total. The Hall–Kier alpha value is -1.55. The molecule has 0 aliphatic carbocycles. The van der Waals surface area contributed by atoms with E-state index in [4.69, 9.17) is 0 Å². The second-order valence-electron chi connectivity index (χ2n) is 7.06. The van der Waals surface area contributed by atoms with E-state index >= 15 is 0 Å². The first-order valence-electron chi connectivity index (χ1n) is 9.59. The number of carbonyl (C=O) groups excluding carboxylic acids is 1. The van der Waals surface area contributed by atoms with Gasteiger partial charge in [0, 0.05) is 57.4 Å². The minimum Gasteiger partial charge on any atom is -0.369 e. The van der Waals surface area contributed by atoms with E-state index in [1.807, 2.05) is 0 Å². The van der Waals surface area contributed by atoms with Crippen LogP contribution in [0.2, 0.25) is 0 Å². The third-order valence-electron chi connectivity index (χ3n) is 5.55. The average molecular weight is 329 g/mol. The van der Waals surface area contributed by atoms with E-state index in [1.165, 1.54) is 24.9 Å². The molecule has 0 bridgehead atoms. The Balaban J connectivity index is 1.42. The highest BCUT2D eigenvalue weighted by Gasteiger charge is 2.25. The molecule has 1 amide bonds. The van der Waals surface area contributed by atoms with Gasteiger partial charge in [0.05, 0.1) is 0 Å². The number of piperidine rings is 1. The lowest BCUT2D eigenvalue weighted by atomic mass is 9.99. The van der Waals surface area contributed by atoms with E-state index in [9.17, 15) is 4.79 Å². The Labute approximate surface area is 146 Å². The minimum absolute atomic E-state index is 0.368. The molecule has 2 fully saturated rings. The van der Waals surface area contributed by atoms with Gasteiger partial charge in [-0.25, -0.2) is 0 Å². The molecule has 0 aromatic heterocycles. The number of carbonyl (C=O) groups is 1. The van der Waals surface area contributed by atoms with Crippen LogP contribution in [0.15, 0.2) is 30.3 Å². The van der Waals surface area contributed by atoms with E-state index in [0.717, 1.165) is 45.7 Å². The Morgan fingerprint density at radius 1 is 1.04 bits per heavy atom. The van der Waals surface area contributed by atoms with Gasteiger partial charge in [0.15, 0.2) is 0 Å². The number of likely N-dealkylation sites (tertiary alicyclic amines) is 1. The molecular formula is C20H31N3O. The predicted molar refractivity (Wildman–Crippen MR) is 99.4 cm³/mol. The van der Waals surface area contributed by atoms with Crippen LogP contribution >= 0.6 is 0 Å². The van der Waals surface area contributed by atoms with E-state index in [0.29, 0.717) is 18.4 Å². The molecule has 4 nitrogen and oxygen atoms in total. The lowest BCUT2D eigenvalue weighted by Gasteiger charge is -2.38.